The molecule has 0 spiro atoms. The summed E-state index contributed by atoms with van der Waals surface area (Å²) in [5.74, 6) is -1.93. The standard InChI is InChI=1S/C17H30N2O12/c1-5(15(25)26)28-14-10(19-6(2)22)16(27)29-8(4-21)13(14)31-17-9(18)12(24)11(23)7(3-20)30-17/h5,7-14,16-17,20-21,23-24,27H,3-4,18H2,1-2H3,(H,19,22)(H,25,26). The Kier molecular flexibility index (Phi) is 9.08. The van der Waals surface area contributed by atoms with Crippen molar-refractivity contribution in [2.75, 3.05) is 13.2 Å². The highest BCUT2D eigenvalue weighted by Gasteiger charge is 2.51. The molecule has 2 aliphatic rings. The SMILES string of the molecule is CC(=O)NC1C(O)OC(CO)C(OC2OC(CO)C(O)C(O)C2N)C1OC(C)C(=O)O. The molecule has 1 amide bonds. The van der Waals surface area contributed by atoms with Gasteiger partial charge in [-0.2, -0.15) is 0 Å². The van der Waals surface area contributed by atoms with Crippen LogP contribution < -0.4 is 11.1 Å². The Balaban J connectivity index is 2.35. The van der Waals surface area contributed by atoms with Gasteiger partial charge in [0.2, 0.25) is 5.91 Å². The minimum atomic E-state index is -1.68. The van der Waals surface area contributed by atoms with E-state index in [2.05, 4.69) is 5.32 Å². The zero-order chi connectivity index (χ0) is 23.5. The molecule has 0 aliphatic carbocycles. The lowest BCUT2D eigenvalue weighted by Gasteiger charge is -2.48. The topological polar surface area (TPSA) is 230 Å². The molecule has 2 aliphatic heterocycles. The third-order valence-electron chi connectivity index (χ3n) is 5.14. The first-order valence-electron chi connectivity index (χ1n) is 9.65. The summed E-state index contributed by atoms with van der Waals surface area (Å²) in [6, 6.07) is -2.60. The molecule has 14 heteroatoms. The van der Waals surface area contributed by atoms with Crippen molar-refractivity contribution in [3.8, 4) is 0 Å². The van der Waals surface area contributed by atoms with E-state index >= 15 is 0 Å². The van der Waals surface area contributed by atoms with Crippen LogP contribution >= 0.6 is 0 Å². The molecule has 0 aromatic rings. The van der Waals surface area contributed by atoms with Crippen molar-refractivity contribution in [2.45, 2.75) is 81.2 Å². The van der Waals surface area contributed by atoms with Gasteiger partial charge in [-0.15, -0.1) is 0 Å². The Morgan fingerprint density at radius 2 is 1.68 bits per heavy atom. The van der Waals surface area contributed by atoms with Crippen LogP contribution in [0.2, 0.25) is 0 Å². The summed E-state index contributed by atoms with van der Waals surface area (Å²) in [4.78, 5) is 22.9. The molecule has 0 aromatic heterocycles. The molecular formula is C17H30N2O12. The van der Waals surface area contributed by atoms with Gasteiger partial charge in [0.05, 0.1) is 19.3 Å². The molecule has 11 unspecified atom stereocenters. The van der Waals surface area contributed by atoms with Gasteiger partial charge in [-0.25, -0.2) is 4.79 Å². The summed E-state index contributed by atoms with van der Waals surface area (Å²) in [6.45, 7) is 0.998. The van der Waals surface area contributed by atoms with E-state index in [0.717, 1.165) is 6.92 Å². The van der Waals surface area contributed by atoms with E-state index in [0.29, 0.717) is 0 Å². The van der Waals surface area contributed by atoms with Crippen LogP contribution in [0.3, 0.4) is 0 Å². The second-order valence-electron chi connectivity index (χ2n) is 7.44. The van der Waals surface area contributed by atoms with Crippen molar-refractivity contribution < 1.29 is 59.2 Å². The first kappa shape index (κ1) is 25.8. The number of hydrogen-bond acceptors (Lipinski definition) is 12. The van der Waals surface area contributed by atoms with E-state index in [9.17, 15) is 40.2 Å². The smallest absolute Gasteiger partial charge is 0.332 e. The summed E-state index contributed by atoms with van der Waals surface area (Å²) in [7, 11) is 0. The van der Waals surface area contributed by atoms with E-state index < -0.39 is 92.5 Å². The zero-order valence-corrected chi connectivity index (χ0v) is 17.0. The summed E-state index contributed by atoms with van der Waals surface area (Å²) < 4.78 is 22.0. The number of aliphatic hydroxyl groups is 5. The van der Waals surface area contributed by atoms with Crippen molar-refractivity contribution in [3.05, 3.63) is 0 Å². The van der Waals surface area contributed by atoms with Crippen LogP contribution in [0, 0.1) is 0 Å². The molecule has 180 valence electrons. The van der Waals surface area contributed by atoms with Gasteiger partial charge in [0, 0.05) is 6.92 Å². The highest BCUT2D eigenvalue weighted by molar-refractivity contribution is 5.73. The Labute approximate surface area is 177 Å². The summed E-state index contributed by atoms with van der Waals surface area (Å²) >= 11 is 0. The highest BCUT2D eigenvalue weighted by Crippen LogP contribution is 2.30. The van der Waals surface area contributed by atoms with Crippen molar-refractivity contribution >= 4 is 11.9 Å². The fourth-order valence-electron chi connectivity index (χ4n) is 3.46. The van der Waals surface area contributed by atoms with E-state index in [4.69, 9.17) is 24.7 Å². The third-order valence-corrected chi connectivity index (χ3v) is 5.14. The number of nitrogens with two attached hydrogens (primary N) is 1. The van der Waals surface area contributed by atoms with Gasteiger partial charge in [-0.05, 0) is 6.92 Å². The van der Waals surface area contributed by atoms with Crippen LogP contribution in [-0.2, 0) is 28.5 Å². The number of hydrogen-bond donors (Lipinski definition) is 8. The lowest BCUT2D eigenvalue weighted by Crippen LogP contribution is -2.69. The first-order chi connectivity index (χ1) is 14.5. The van der Waals surface area contributed by atoms with Crippen LogP contribution in [0.25, 0.3) is 0 Å². The second-order valence-corrected chi connectivity index (χ2v) is 7.44. The zero-order valence-electron chi connectivity index (χ0n) is 17.0. The largest absolute Gasteiger partial charge is 0.479 e. The van der Waals surface area contributed by atoms with E-state index in [1.165, 1.54) is 6.92 Å². The Bertz CT molecular complexity index is 622. The van der Waals surface area contributed by atoms with Gasteiger partial charge >= 0.3 is 5.97 Å². The van der Waals surface area contributed by atoms with E-state index in [-0.39, 0.29) is 0 Å². The van der Waals surface area contributed by atoms with E-state index in [1.54, 1.807) is 0 Å². The predicted molar refractivity (Wildman–Crippen MR) is 98.1 cm³/mol. The number of carboxylic acid groups (broad SMARTS) is 1. The average molecular weight is 454 g/mol. The van der Waals surface area contributed by atoms with Gasteiger partial charge in [-0.3, -0.25) is 4.79 Å². The van der Waals surface area contributed by atoms with Gasteiger partial charge in [-0.1, -0.05) is 0 Å². The molecule has 0 bridgehead atoms. The van der Waals surface area contributed by atoms with Crippen LogP contribution in [0.4, 0.5) is 0 Å². The Hall–Kier alpha value is -1.46. The number of carbonyl (C=O) groups excluding carboxylic acids is 1. The molecular weight excluding hydrogens is 424 g/mol. The molecule has 2 rings (SSSR count). The van der Waals surface area contributed by atoms with Crippen molar-refractivity contribution in [1.82, 2.24) is 5.32 Å². The molecule has 9 N–H and O–H groups in total. The quantitative estimate of drug-likeness (QED) is 0.172. The number of aliphatic hydroxyl groups excluding tert-OH is 5. The maximum Gasteiger partial charge on any atom is 0.332 e. The third kappa shape index (κ3) is 5.87. The molecule has 11 atom stereocenters. The van der Waals surface area contributed by atoms with Crippen LogP contribution in [0.15, 0.2) is 0 Å². The Morgan fingerprint density at radius 1 is 1.06 bits per heavy atom. The minimum Gasteiger partial charge on any atom is -0.479 e. The normalized spacial score (nSPS) is 42.1. The molecule has 0 saturated carbocycles. The number of ether oxygens (including phenoxy) is 4. The number of carbonyl (C=O) groups is 2. The summed E-state index contributed by atoms with van der Waals surface area (Å²) in [6.07, 6.45) is -12.8. The van der Waals surface area contributed by atoms with Crippen molar-refractivity contribution in [2.24, 2.45) is 5.73 Å². The molecule has 2 saturated heterocycles. The molecule has 2 heterocycles. The van der Waals surface area contributed by atoms with E-state index in [1.807, 2.05) is 0 Å². The molecule has 14 nitrogen and oxygen atoms in total. The number of nitrogens with one attached hydrogen (secondary N) is 1. The maximum atomic E-state index is 11.6. The Morgan fingerprint density at radius 3 is 2.19 bits per heavy atom. The molecule has 2 fully saturated rings. The van der Waals surface area contributed by atoms with Gasteiger partial charge in [0.15, 0.2) is 18.7 Å². The monoisotopic (exact) mass is 454 g/mol. The number of amides is 1. The van der Waals surface area contributed by atoms with Crippen molar-refractivity contribution in [3.63, 3.8) is 0 Å². The average Bonchev–Trinajstić information content (AvgIpc) is 2.71. The maximum absolute atomic E-state index is 11.6. The number of carboxylic acids is 1. The van der Waals surface area contributed by atoms with Crippen LogP contribution in [0.1, 0.15) is 13.8 Å². The minimum absolute atomic E-state index is 0.588. The number of rotatable bonds is 8. The highest BCUT2D eigenvalue weighted by atomic mass is 16.7. The fourth-order valence-corrected chi connectivity index (χ4v) is 3.46. The molecule has 31 heavy (non-hydrogen) atoms. The van der Waals surface area contributed by atoms with Crippen LogP contribution in [0.5, 0.6) is 0 Å². The lowest BCUT2D eigenvalue weighted by molar-refractivity contribution is -0.331. The first-order valence-corrected chi connectivity index (χ1v) is 9.65. The van der Waals surface area contributed by atoms with Gasteiger partial charge in [0.1, 0.15) is 42.7 Å². The van der Waals surface area contributed by atoms with Gasteiger partial charge in [0.25, 0.3) is 0 Å². The van der Waals surface area contributed by atoms with Crippen LogP contribution in [-0.4, -0.2) is 123 Å². The summed E-state index contributed by atoms with van der Waals surface area (Å²) in [5, 5.41) is 61.0. The lowest BCUT2D eigenvalue weighted by atomic mass is 9.94. The number of aliphatic carboxylic acids is 1. The van der Waals surface area contributed by atoms with Crippen molar-refractivity contribution in [1.29, 1.82) is 0 Å². The predicted octanol–water partition coefficient (Wildman–Crippen LogP) is -4.79. The van der Waals surface area contributed by atoms with Gasteiger partial charge < -0.3 is 60.6 Å². The second kappa shape index (κ2) is 10.9. The molecule has 0 aromatic carbocycles. The summed E-state index contributed by atoms with van der Waals surface area (Å²) in [5.41, 5.74) is 5.87. The fraction of sp³-hybridized carbons (Fsp3) is 0.882. The molecule has 0 radical (unpaired) electrons.